The second kappa shape index (κ2) is 9.15. The highest BCUT2D eigenvalue weighted by Gasteiger charge is 2.15. The van der Waals surface area contributed by atoms with Crippen LogP contribution < -0.4 is 10.6 Å². The van der Waals surface area contributed by atoms with Crippen LogP contribution in [0.3, 0.4) is 0 Å². The first-order chi connectivity index (χ1) is 12.0. The van der Waals surface area contributed by atoms with Crippen molar-refractivity contribution in [2.75, 3.05) is 26.0 Å². The summed E-state index contributed by atoms with van der Waals surface area (Å²) in [5.41, 5.74) is 1.63. The molecule has 0 spiro atoms. The van der Waals surface area contributed by atoms with Crippen molar-refractivity contribution in [2.24, 2.45) is 0 Å². The van der Waals surface area contributed by atoms with Crippen molar-refractivity contribution >= 4 is 34.9 Å². The summed E-state index contributed by atoms with van der Waals surface area (Å²) in [7, 11) is 4.01. The van der Waals surface area contributed by atoms with Crippen LogP contribution in [0.5, 0.6) is 0 Å². The van der Waals surface area contributed by atoms with E-state index < -0.39 is 0 Å². The molecule has 1 heterocycles. The largest absolute Gasteiger partial charge is 0.351 e. The number of likely N-dealkylation sites (N-methyl/N-ethyl adjacent to an activating group) is 1. The van der Waals surface area contributed by atoms with E-state index in [0.717, 1.165) is 11.3 Å². The molecule has 0 saturated heterocycles. The van der Waals surface area contributed by atoms with Crippen LogP contribution in [0.1, 0.15) is 23.4 Å². The van der Waals surface area contributed by atoms with Crippen molar-refractivity contribution in [3.63, 3.8) is 0 Å². The summed E-state index contributed by atoms with van der Waals surface area (Å²) in [6.45, 7) is 2.02. The van der Waals surface area contributed by atoms with E-state index in [2.05, 4.69) is 21.6 Å². The van der Waals surface area contributed by atoms with Gasteiger partial charge in [0.1, 0.15) is 0 Å². The fraction of sp³-hybridized carbons (Fsp3) is 0.263. The monoisotopic (exact) mass is 357 g/mol. The van der Waals surface area contributed by atoms with Crippen molar-refractivity contribution in [3.05, 3.63) is 58.3 Å². The number of rotatable bonds is 7. The van der Waals surface area contributed by atoms with E-state index in [1.807, 2.05) is 37.7 Å². The van der Waals surface area contributed by atoms with Gasteiger partial charge in [0.15, 0.2) is 0 Å². The zero-order valence-electron chi connectivity index (χ0n) is 14.7. The molecule has 1 aromatic carbocycles. The summed E-state index contributed by atoms with van der Waals surface area (Å²) in [5, 5.41) is 7.69. The highest BCUT2D eigenvalue weighted by Crippen LogP contribution is 2.22. The first-order valence-electron chi connectivity index (χ1n) is 7.99. The van der Waals surface area contributed by atoms with E-state index in [0.29, 0.717) is 6.54 Å². The molecule has 2 rings (SSSR count). The van der Waals surface area contributed by atoms with Gasteiger partial charge in [-0.25, -0.2) is 0 Å². The normalized spacial score (nSPS) is 12.3. The third kappa shape index (κ3) is 6.17. The summed E-state index contributed by atoms with van der Waals surface area (Å²) in [5.74, 6) is -0.238. The molecule has 132 valence electrons. The van der Waals surface area contributed by atoms with Gasteiger partial charge >= 0.3 is 0 Å². The van der Waals surface area contributed by atoms with Gasteiger partial charge < -0.3 is 15.5 Å². The Labute approximate surface area is 152 Å². The average Bonchev–Trinajstić information content (AvgIpc) is 3.08. The van der Waals surface area contributed by atoms with Crippen molar-refractivity contribution < 1.29 is 9.59 Å². The molecule has 2 aromatic rings. The minimum atomic E-state index is -0.130. The van der Waals surface area contributed by atoms with Gasteiger partial charge in [-0.3, -0.25) is 9.59 Å². The fourth-order valence-corrected chi connectivity index (χ4v) is 3.25. The van der Waals surface area contributed by atoms with Crippen LogP contribution in [0.2, 0.25) is 0 Å². The van der Waals surface area contributed by atoms with Gasteiger partial charge in [-0.05, 0) is 49.3 Å². The lowest BCUT2D eigenvalue weighted by Gasteiger charge is -2.23. The van der Waals surface area contributed by atoms with Crippen molar-refractivity contribution in [2.45, 2.75) is 13.0 Å². The topological polar surface area (TPSA) is 61.4 Å². The Hall–Kier alpha value is -2.44. The Morgan fingerprint density at radius 1 is 1.20 bits per heavy atom. The number of thiophene rings is 1. The predicted molar refractivity (Wildman–Crippen MR) is 104 cm³/mol. The second-order valence-corrected chi connectivity index (χ2v) is 6.86. The molecule has 1 aromatic heterocycles. The number of nitrogens with one attached hydrogen (secondary N) is 2. The van der Waals surface area contributed by atoms with Crippen molar-refractivity contribution in [1.29, 1.82) is 0 Å². The molecule has 0 aliphatic carbocycles. The zero-order chi connectivity index (χ0) is 18.2. The van der Waals surface area contributed by atoms with E-state index >= 15 is 0 Å². The average molecular weight is 357 g/mol. The van der Waals surface area contributed by atoms with Crippen LogP contribution in [0.4, 0.5) is 5.69 Å². The Kier molecular flexibility index (Phi) is 6.91. The molecule has 0 radical (unpaired) electrons. The molecule has 6 heteroatoms. The summed E-state index contributed by atoms with van der Waals surface area (Å²) in [4.78, 5) is 26.4. The van der Waals surface area contributed by atoms with Gasteiger partial charge in [0, 0.05) is 30.1 Å². The molecule has 1 unspecified atom stereocenters. The lowest BCUT2D eigenvalue weighted by Crippen LogP contribution is -2.33. The Bertz CT molecular complexity index is 722. The minimum Gasteiger partial charge on any atom is -0.351 e. The third-order valence-corrected chi connectivity index (χ3v) is 4.60. The number of carbonyl (C=O) groups is 2. The molecule has 1 atom stereocenters. The van der Waals surface area contributed by atoms with Gasteiger partial charge in [-0.2, -0.15) is 0 Å². The number of benzene rings is 1. The van der Waals surface area contributed by atoms with E-state index in [1.165, 1.54) is 17.9 Å². The third-order valence-electron chi connectivity index (χ3n) is 3.62. The van der Waals surface area contributed by atoms with Crippen LogP contribution in [0.25, 0.3) is 6.08 Å². The number of hydrogen-bond acceptors (Lipinski definition) is 4. The van der Waals surface area contributed by atoms with Crippen molar-refractivity contribution in [3.8, 4) is 0 Å². The van der Waals surface area contributed by atoms with Crippen LogP contribution in [0.15, 0.2) is 47.9 Å². The Morgan fingerprint density at radius 3 is 2.48 bits per heavy atom. The maximum Gasteiger partial charge on any atom is 0.244 e. The smallest absolute Gasteiger partial charge is 0.244 e. The van der Waals surface area contributed by atoms with Gasteiger partial charge in [0.2, 0.25) is 11.8 Å². The van der Waals surface area contributed by atoms with Crippen LogP contribution in [0, 0.1) is 0 Å². The van der Waals surface area contributed by atoms with Gasteiger partial charge in [0.25, 0.3) is 0 Å². The summed E-state index contributed by atoms with van der Waals surface area (Å²) in [6, 6.07) is 11.6. The van der Waals surface area contributed by atoms with Crippen molar-refractivity contribution in [1.82, 2.24) is 10.2 Å². The van der Waals surface area contributed by atoms with E-state index in [4.69, 9.17) is 0 Å². The first-order valence-corrected chi connectivity index (χ1v) is 8.87. The van der Waals surface area contributed by atoms with Gasteiger partial charge in [-0.15, -0.1) is 11.3 Å². The summed E-state index contributed by atoms with van der Waals surface area (Å²) in [6.07, 6.45) is 3.28. The van der Waals surface area contributed by atoms with Gasteiger partial charge in [-0.1, -0.05) is 18.2 Å². The first kappa shape index (κ1) is 18.9. The van der Waals surface area contributed by atoms with Crippen LogP contribution in [-0.2, 0) is 9.59 Å². The summed E-state index contributed by atoms with van der Waals surface area (Å²) >= 11 is 1.69. The number of amides is 2. The molecular weight excluding hydrogens is 334 g/mol. The minimum absolute atomic E-state index is 0.108. The second-order valence-electron chi connectivity index (χ2n) is 5.88. The standard InChI is InChI=1S/C19H23N3O2S/c1-14(23)21-16-9-6-15(7-10-16)8-11-19(24)20-13-17(22(2)3)18-5-4-12-25-18/h4-12,17H,13H2,1-3H3,(H,20,24)(H,21,23)/b11-8+. The molecule has 0 aliphatic rings. The molecule has 0 bridgehead atoms. The molecule has 25 heavy (non-hydrogen) atoms. The van der Waals surface area contributed by atoms with Crippen LogP contribution >= 0.6 is 11.3 Å². The fourth-order valence-electron chi connectivity index (χ4n) is 2.33. The number of nitrogens with zero attached hydrogens (tertiary/aromatic N) is 1. The molecule has 0 saturated carbocycles. The number of anilines is 1. The lowest BCUT2D eigenvalue weighted by molar-refractivity contribution is -0.116. The maximum absolute atomic E-state index is 12.1. The SMILES string of the molecule is CC(=O)Nc1ccc(/C=C/C(=O)NCC(c2cccs2)N(C)C)cc1. The molecule has 2 amide bonds. The van der Waals surface area contributed by atoms with Gasteiger partial charge in [0.05, 0.1) is 6.04 Å². The molecule has 0 aliphatic heterocycles. The Morgan fingerprint density at radius 2 is 1.92 bits per heavy atom. The van der Waals surface area contributed by atoms with E-state index in [1.54, 1.807) is 29.5 Å². The van der Waals surface area contributed by atoms with Crippen LogP contribution in [-0.4, -0.2) is 37.4 Å². The maximum atomic E-state index is 12.1. The Balaban J connectivity index is 1.88. The van der Waals surface area contributed by atoms with E-state index in [9.17, 15) is 9.59 Å². The molecular formula is C19H23N3O2S. The highest BCUT2D eigenvalue weighted by atomic mass is 32.1. The molecule has 0 fully saturated rings. The number of carbonyl (C=O) groups excluding carboxylic acids is 2. The quantitative estimate of drug-likeness (QED) is 0.749. The lowest BCUT2D eigenvalue weighted by atomic mass is 10.2. The number of hydrogen-bond donors (Lipinski definition) is 2. The van der Waals surface area contributed by atoms with E-state index in [-0.39, 0.29) is 17.9 Å². The molecule has 2 N–H and O–H groups in total. The molecule has 5 nitrogen and oxygen atoms in total. The predicted octanol–water partition coefficient (Wildman–Crippen LogP) is 3.14. The summed E-state index contributed by atoms with van der Waals surface area (Å²) < 4.78 is 0. The highest BCUT2D eigenvalue weighted by molar-refractivity contribution is 7.10. The zero-order valence-corrected chi connectivity index (χ0v) is 15.5.